The van der Waals surface area contributed by atoms with Crippen LogP contribution in [0.25, 0.3) is 0 Å². The molecule has 0 saturated carbocycles. The van der Waals surface area contributed by atoms with E-state index in [1.165, 1.54) is 0 Å². The molecule has 1 aliphatic heterocycles. The molecule has 1 fully saturated rings. The van der Waals surface area contributed by atoms with Gasteiger partial charge in [0, 0.05) is 11.5 Å². The lowest BCUT2D eigenvalue weighted by Crippen LogP contribution is -2.41. The Morgan fingerprint density at radius 2 is 2.00 bits per heavy atom. The number of rotatable bonds is 5. The first kappa shape index (κ1) is 14.8. The molecular formula is C17H23NO2. The van der Waals surface area contributed by atoms with Crippen molar-refractivity contribution in [3.8, 4) is 0 Å². The number of carbonyl (C=O) groups is 2. The van der Waals surface area contributed by atoms with E-state index in [2.05, 4.69) is 12.2 Å². The molecule has 0 radical (unpaired) electrons. The van der Waals surface area contributed by atoms with Crippen LogP contribution in [0.15, 0.2) is 30.3 Å². The Kier molecular flexibility index (Phi) is 5.33. The summed E-state index contributed by atoms with van der Waals surface area (Å²) in [6, 6.07) is 8.88. The highest BCUT2D eigenvalue weighted by atomic mass is 16.2. The van der Waals surface area contributed by atoms with Gasteiger partial charge >= 0.3 is 0 Å². The Morgan fingerprint density at radius 1 is 1.25 bits per heavy atom. The van der Waals surface area contributed by atoms with Gasteiger partial charge in [0.1, 0.15) is 0 Å². The fourth-order valence-corrected chi connectivity index (χ4v) is 2.79. The molecule has 108 valence electrons. The van der Waals surface area contributed by atoms with Gasteiger partial charge in [-0.2, -0.15) is 0 Å². The van der Waals surface area contributed by atoms with Crippen molar-refractivity contribution in [3.05, 3.63) is 35.9 Å². The second-order valence-electron chi connectivity index (χ2n) is 5.56. The molecule has 2 rings (SSSR count). The average Bonchev–Trinajstić information content (AvgIpc) is 2.67. The number of hydrogen-bond acceptors (Lipinski definition) is 2. The zero-order valence-corrected chi connectivity index (χ0v) is 12.1. The largest absolute Gasteiger partial charge is 0.346 e. The van der Waals surface area contributed by atoms with Crippen molar-refractivity contribution in [3.63, 3.8) is 0 Å². The number of nitrogens with one attached hydrogen (secondary N) is 1. The average molecular weight is 273 g/mol. The minimum atomic E-state index is -0.350. The van der Waals surface area contributed by atoms with E-state index in [9.17, 15) is 9.59 Å². The predicted octanol–water partition coefficient (Wildman–Crippen LogP) is 3.34. The third-order valence-corrected chi connectivity index (χ3v) is 4.01. The van der Waals surface area contributed by atoms with Crippen molar-refractivity contribution in [2.24, 2.45) is 5.92 Å². The van der Waals surface area contributed by atoms with E-state index in [1.54, 1.807) is 0 Å². The number of unbranched alkanes of at least 4 members (excludes halogenated alkanes) is 1. The van der Waals surface area contributed by atoms with E-state index in [0.717, 1.165) is 38.5 Å². The van der Waals surface area contributed by atoms with E-state index < -0.39 is 0 Å². The molecule has 1 aromatic carbocycles. The lowest BCUT2D eigenvalue weighted by molar-refractivity contribution is -0.125. The molecule has 1 heterocycles. The van der Waals surface area contributed by atoms with Gasteiger partial charge in [-0.05, 0) is 19.3 Å². The normalized spacial score (nSPS) is 22.9. The second-order valence-corrected chi connectivity index (χ2v) is 5.56. The molecule has 1 N–H and O–H groups in total. The predicted molar refractivity (Wildman–Crippen MR) is 79.6 cm³/mol. The monoisotopic (exact) mass is 273 g/mol. The van der Waals surface area contributed by atoms with Crippen LogP contribution in [0.3, 0.4) is 0 Å². The van der Waals surface area contributed by atoms with Crippen molar-refractivity contribution in [1.29, 1.82) is 0 Å². The molecule has 3 nitrogen and oxygen atoms in total. The van der Waals surface area contributed by atoms with Gasteiger partial charge in [-0.3, -0.25) is 9.59 Å². The van der Waals surface area contributed by atoms with Gasteiger partial charge in [0.05, 0.1) is 6.04 Å². The number of ketones is 1. The van der Waals surface area contributed by atoms with Crippen LogP contribution >= 0.6 is 0 Å². The summed E-state index contributed by atoms with van der Waals surface area (Å²) in [5, 5.41) is 2.95. The van der Waals surface area contributed by atoms with Gasteiger partial charge < -0.3 is 5.32 Å². The molecular weight excluding hydrogens is 250 g/mol. The van der Waals surface area contributed by atoms with E-state index >= 15 is 0 Å². The standard InChI is InChI=1S/C17H23NO2/c1-2-3-8-14-11-7-12-15(18-17(14)20)16(19)13-9-5-4-6-10-13/h4-6,9-10,14-15H,2-3,7-8,11-12H2,1H3,(H,18,20). The van der Waals surface area contributed by atoms with Crippen LogP contribution in [0.2, 0.25) is 0 Å². The molecule has 1 aromatic rings. The first-order chi connectivity index (χ1) is 9.72. The summed E-state index contributed by atoms with van der Waals surface area (Å²) in [4.78, 5) is 24.6. The molecule has 1 amide bonds. The Morgan fingerprint density at radius 3 is 2.70 bits per heavy atom. The third kappa shape index (κ3) is 3.69. The molecule has 0 bridgehead atoms. The minimum Gasteiger partial charge on any atom is -0.346 e. The summed E-state index contributed by atoms with van der Waals surface area (Å²) < 4.78 is 0. The third-order valence-electron chi connectivity index (χ3n) is 4.01. The zero-order chi connectivity index (χ0) is 14.4. The number of benzene rings is 1. The van der Waals surface area contributed by atoms with Gasteiger partial charge in [0.25, 0.3) is 0 Å². The van der Waals surface area contributed by atoms with Gasteiger partial charge in [-0.1, -0.05) is 56.5 Å². The molecule has 2 unspecified atom stereocenters. The Bertz CT molecular complexity index is 455. The van der Waals surface area contributed by atoms with E-state index in [0.29, 0.717) is 5.56 Å². The highest BCUT2D eigenvalue weighted by Crippen LogP contribution is 2.22. The summed E-state index contributed by atoms with van der Waals surface area (Å²) in [5.41, 5.74) is 0.685. The highest BCUT2D eigenvalue weighted by Gasteiger charge is 2.29. The first-order valence-corrected chi connectivity index (χ1v) is 7.62. The summed E-state index contributed by atoms with van der Waals surface area (Å²) in [6.45, 7) is 2.14. The van der Waals surface area contributed by atoms with Crippen molar-refractivity contribution >= 4 is 11.7 Å². The van der Waals surface area contributed by atoms with Crippen LogP contribution < -0.4 is 5.32 Å². The minimum absolute atomic E-state index is 0.0371. The highest BCUT2D eigenvalue weighted by molar-refractivity contribution is 6.02. The molecule has 1 saturated heterocycles. The van der Waals surface area contributed by atoms with Crippen molar-refractivity contribution < 1.29 is 9.59 Å². The maximum atomic E-state index is 12.4. The van der Waals surface area contributed by atoms with Crippen molar-refractivity contribution in [2.75, 3.05) is 0 Å². The number of hydrogen-bond donors (Lipinski definition) is 1. The molecule has 0 spiro atoms. The lowest BCUT2D eigenvalue weighted by atomic mass is 9.96. The Labute approximate surface area is 120 Å². The van der Waals surface area contributed by atoms with Crippen LogP contribution in [-0.2, 0) is 4.79 Å². The molecule has 3 heteroatoms. The number of amides is 1. The number of Topliss-reactive ketones (excluding diaryl/α,β-unsaturated/α-hetero) is 1. The van der Waals surface area contributed by atoms with Crippen LogP contribution in [0, 0.1) is 5.92 Å². The molecule has 20 heavy (non-hydrogen) atoms. The van der Waals surface area contributed by atoms with Gasteiger partial charge in [0.15, 0.2) is 5.78 Å². The van der Waals surface area contributed by atoms with Gasteiger partial charge in [-0.25, -0.2) is 0 Å². The maximum absolute atomic E-state index is 12.4. The Hall–Kier alpha value is -1.64. The first-order valence-electron chi connectivity index (χ1n) is 7.62. The van der Waals surface area contributed by atoms with Gasteiger partial charge in [0.2, 0.25) is 5.91 Å². The Balaban J connectivity index is 2.01. The second kappa shape index (κ2) is 7.22. The van der Waals surface area contributed by atoms with E-state index in [-0.39, 0.29) is 23.7 Å². The van der Waals surface area contributed by atoms with Crippen LogP contribution in [0.5, 0.6) is 0 Å². The summed E-state index contributed by atoms with van der Waals surface area (Å²) in [7, 11) is 0. The smallest absolute Gasteiger partial charge is 0.223 e. The molecule has 1 aliphatic rings. The topological polar surface area (TPSA) is 46.2 Å². The summed E-state index contributed by atoms with van der Waals surface area (Å²) in [6.07, 6.45) is 5.73. The molecule has 0 aliphatic carbocycles. The fraction of sp³-hybridized carbons (Fsp3) is 0.529. The maximum Gasteiger partial charge on any atom is 0.223 e. The molecule has 2 atom stereocenters. The van der Waals surface area contributed by atoms with E-state index in [1.807, 2.05) is 30.3 Å². The van der Waals surface area contributed by atoms with Crippen LogP contribution in [0.4, 0.5) is 0 Å². The van der Waals surface area contributed by atoms with Crippen molar-refractivity contribution in [2.45, 2.75) is 51.5 Å². The SMILES string of the molecule is CCCCC1CCCC(C(=O)c2ccccc2)NC1=O. The summed E-state index contributed by atoms with van der Waals surface area (Å²) >= 11 is 0. The van der Waals surface area contributed by atoms with E-state index in [4.69, 9.17) is 0 Å². The fourth-order valence-electron chi connectivity index (χ4n) is 2.79. The zero-order valence-electron chi connectivity index (χ0n) is 12.1. The van der Waals surface area contributed by atoms with Crippen molar-refractivity contribution in [1.82, 2.24) is 5.32 Å². The summed E-state index contributed by atoms with van der Waals surface area (Å²) in [5.74, 6) is 0.184. The number of carbonyl (C=O) groups excluding carboxylic acids is 2. The lowest BCUT2D eigenvalue weighted by Gasteiger charge is -2.16. The van der Waals surface area contributed by atoms with Gasteiger partial charge in [-0.15, -0.1) is 0 Å². The van der Waals surface area contributed by atoms with Crippen LogP contribution in [0.1, 0.15) is 55.8 Å². The van der Waals surface area contributed by atoms with Crippen LogP contribution in [-0.4, -0.2) is 17.7 Å². The quantitative estimate of drug-likeness (QED) is 0.836. The molecule has 0 aromatic heterocycles.